The minimum Gasteiger partial charge on any atom is -0.493 e. The van der Waals surface area contributed by atoms with Gasteiger partial charge in [-0.05, 0) is 17.7 Å². The number of carbonyl (C=O) groups is 2. The minimum atomic E-state index is -0.417. The molecular formula is C19H22N2O5. The summed E-state index contributed by atoms with van der Waals surface area (Å²) in [4.78, 5) is 24.2. The maximum atomic E-state index is 12.3. The summed E-state index contributed by atoms with van der Waals surface area (Å²) in [6.45, 7) is 0.266. The number of carbonyl (C=O) groups excluding carboxylic acids is 2. The summed E-state index contributed by atoms with van der Waals surface area (Å²) in [5.41, 5.74) is 1.28. The lowest BCUT2D eigenvalue weighted by Crippen LogP contribution is -2.36. The molecule has 0 fully saturated rings. The first-order valence-corrected chi connectivity index (χ1v) is 7.97. The van der Waals surface area contributed by atoms with Gasteiger partial charge in [0.05, 0.1) is 27.9 Å². The topological polar surface area (TPSA) is 85.9 Å². The van der Waals surface area contributed by atoms with Gasteiger partial charge in [-0.2, -0.15) is 0 Å². The predicted molar refractivity (Wildman–Crippen MR) is 96.7 cm³/mol. The van der Waals surface area contributed by atoms with Gasteiger partial charge in [0.15, 0.2) is 11.5 Å². The van der Waals surface area contributed by atoms with E-state index < -0.39 is 5.91 Å². The van der Waals surface area contributed by atoms with E-state index in [0.29, 0.717) is 29.4 Å². The number of hydrogen-bond donors (Lipinski definition) is 2. The molecule has 138 valence electrons. The number of ether oxygens (including phenoxy) is 3. The lowest BCUT2D eigenvalue weighted by molar-refractivity contribution is -0.120. The summed E-state index contributed by atoms with van der Waals surface area (Å²) < 4.78 is 15.7. The summed E-state index contributed by atoms with van der Waals surface area (Å²) >= 11 is 0. The van der Waals surface area contributed by atoms with Gasteiger partial charge in [0, 0.05) is 12.1 Å². The highest BCUT2D eigenvalue weighted by Gasteiger charge is 2.17. The zero-order chi connectivity index (χ0) is 18.9. The van der Waals surface area contributed by atoms with Gasteiger partial charge < -0.3 is 24.8 Å². The molecule has 2 amide bonds. The highest BCUT2D eigenvalue weighted by Crippen LogP contribution is 2.38. The largest absolute Gasteiger partial charge is 0.493 e. The normalized spacial score (nSPS) is 9.96. The Morgan fingerprint density at radius 2 is 1.50 bits per heavy atom. The average molecular weight is 358 g/mol. The number of nitrogens with one attached hydrogen (secondary N) is 2. The van der Waals surface area contributed by atoms with Crippen molar-refractivity contribution < 1.29 is 23.8 Å². The molecule has 7 heteroatoms. The Morgan fingerprint density at radius 1 is 0.885 bits per heavy atom. The van der Waals surface area contributed by atoms with E-state index in [4.69, 9.17) is 14.2 Å². The van der Waals surface area contributed by atoms with E-state index in [-0.39, 0.29) is 12.5 Å². The van der Waals surface area contributed by atoms with Crippen LogP contribution < -0.4 is 24.8 Å². The molecule has 0 aliphatic rings. The maximum Gasteiger partial charge on any atom is 0.251 e. The van der Waals surface area contributed by atoms with Gasteiger partial charge in [0.1, 0.15) is 0 Å². The van der Waals surface area contributed by atoms with Crippen LogP contribution in [0.2, 0.25) is 0 Å². The Bertz CT molecular complexity index is 737. The molecule has 0 aromatic heterocycles. The highest BCUT2D eigenvalue weighted by atomic mass is 16.5. The Hall–Kier alpha value is -3.22. The van der Waals surface area contributed by atoms with Crippen LogP contribution in [0, 0.1) is 0 Å². The predicted octanol–water partition coefficient (Wildman–Crippen LogP) is 1.76. The first kappa shape index (κ1) is 19.1. The lowest BCUT2D eigenvalue weighted by Gasteiger charge is -2.14. The van der Waals surface area contributed by atoms with Gasteiger partial charge >= 0.3 is 0 Å². The van der Waals surface area contributed by atoms with E-state index in [1.54, 1.807) is 0 Å². The first-order valence-electron chi connectivity index (χ1n) is 7.97. The van der Waals surface area contributed by atoms with E-state index in [2.05, 4.69) is 10.6 Å². The molecule has 2 aromatic rings. The van der Waals surface area contributed by atoms with E-state index in [1.807, 2.05) is 30.3 Å². The van der Waals surface area contributed by atoms with Crippen molar-refractivity contribution in [2.45, 2.75) is 6.54 Å². The third kappa shape index (κ3) is 4.89. The van der Waals surface area contributed by atoms with Crippen molar-refractivity contribution in [3.63, 3.8) is 0 Å². The Labute approximate surface area is 152 Å². The van der Waals surface area contributed by atoms with Crippen LogP contribution in [-0.4, -0.2) is 39.7 Å². The number of benzene rings is 2. The first-order chi connectivity index (χ1) is 12.6. The zero-order valence-electron chi connectivity index (χ0n) is 15.0. The smallest absolute Gasteiger partial charge is 0.251 e. The third-order valence-corrected chi connectivity index (χ3v) is 3.67. The molecule has 26 heavy (non-hydrogen) atoms. The summed E-state index contributed by atoms with van der Waals surface area (Å²) in [5, 5.41) is 5.32. The molecule has 0 saturated carbocycles. The van der Waals surface area contributed by atoms with Crippen LogP contribution >= 0.6 is 0 Å². The third-order valence-electron chi connectivity index (χ3n) is 3.67. The van der Waals surface area contributed by atoms with Gasteiger partial charge in [0.2, 0.25) is 11.7 Å². The fourth-order valence-electron chi connectivity index (χ4n) is 2.33. The molecular weight excluding hydrogens is 336 g/mol. The van der Waals surface area contributed by atoms with Crippen LogP contribution in [0.3, 0.4) is 0 Å². The van der Waals surface area contributed by atoms with Crippen LogP contribution in [0.25, 0.3) is 0 Å². The molecule has 0 atom stereocenters. The van der Waals surface area contributed by atoms with Crippen molar-refractivity contribution in [3.8, 4) is 17.2 Å². The second-order valence-electron chi connectivity index (χ2n) is 5.36. The van der Waals surface area contributed by atoms with Crippen LogP contribution in [0.15, 0.2) is 42.5 Å². The second kappa shape index (κ2) is 9.31. The van der Waals surface area contributed by atoms with E-state index >= 15 is 0 Å². The summed E-state index contributed by atoms with van der Waals surface area (Å²) in [7, 11) is 4.42. The van der Waals surface area contributed by atoms with Crippen LogP contribution in [-0.2, 0) is 11.3 Å². The van der Waals surface area contributed by atoms with Crippen molar-refractivity contribution in [3.05, 3.63) is 53.6 Å². The number of rotatable bonds is 8. The molecule has 0 saturated heterocycles. The zero-order valence-corrected chi connectivity index (χ0v) is 15.0. The van der Waals surface area contributed by atoms with Gasteiger partial charge in [0.25, 0.3) is 5.91 Å². The average Bonchev–Trinajstić information content (AvgIpc) is 2.69. The fraction of sp³-hybridized carbons (Fsp3) is 0.263. The summed E-state index contributed by atoms with van der Waals surface area (Å²) in [6.07, 6.45) is 0. The van der Waals surface area contributed by atoms with Crippen molar-refractivity contribution in [1.29, 1.82) is 0 Å². The highest BCUT2D eigenvalue weighted by molar-refractivity contribution is 5.97. The Kier molecular flexibility index (Phi) is 6.84. The molecule has 0 aliphatic carbocycles. The molecule has 0 radical (unpaired) electrons. The van der Waals surface area contributed by atoms with Crippen LogP contribution in [0.1, 0.15) is 15.9 Å². The molecule has 0 unspecified atom stereocenters. The van der Waals surface area contributed by atoms with Crippen LogP contribution in [0.4, 0.5) is 0 Å². The van der Waals surface area contributed by atoms with Gasteiger partial charge in [-0.1, -0.05) is 30.3 Å². The quantitative estimate of drug-likeness (QED) is 0.751. The second-order valence-corrected chi connectivity index (χ2v) is 5.36. The standard InChI is InChI=1S/C19H22N2O5/c1-24-15-9-14(10-16(25-2)18(15)26-3)19(23)21-12-17(22)20-11-13-7-5-4-6-8-13/h4-10H,11-12H2,1-3H3,(H,20,22)(H,21,23). The summed E-state index contributed by atoms with van der Waals surface area (Å²) in [5.74, 6) is 0.428. The van der Waals surface area contributed by atoms with Gasteiger partial charge in [-0.3, -0.25) is 9.59 Å². The van der Waals surface area contributed by atoms with Gasteiger partial charge in [-0.25, -0.2) is 0 Å². The SMILES string of the molecule is COc1cc(C(=O)NCC(=O)NCc2ccccc2)cc(OC)c1OC. The molecule has 0 spiro atoms. The number of methoxy groups -OCH3 is 3. The maximum absolute atomic E-state index is 12.3. The van der Waals surface area contributed by atoms with Gasteiger partial charge in [-0.15, -0.1) is 0 Å². The van der Waals surface area contributed by atoms with E-state index in [9.17, 15) is 9.59 Å². The fourth-order valence-corrected chi connectivity index (χ4v) is 2.33. The Morgan fingerprint density at radius 3 is 2.04 bits per heavy atom. The van der Waals surface area contributed by atoms with Crippen LogP contribution in [0.5, 0.6) is 17.2 Å². The minimum absolute atomic E-state index is 0.137. The molecule has 2 rings (SSSR count). The molecule has 0 heterocycles. The van der Waals surface area contributed by atoms with E-state index in [0.717, 1.165) is 5.56 Å². The molecule has 0 aliphatic heterocycles. The molecule has 0 bridgehead atoms. The molecule has 2 aromatic carbocycles. The van der Waals surface area contributed by atoms with Crippen molar-refractivity contribution in [2.75, 3.05) is 27.9 Å². The molecule has 2 N–H and O–H groups in total. The Balaban J connectivity index is 1.95. The number of amides is 2. The lowest BCUT2D eigenvalue weighted by atomic mass is 10.1. The number of hydrogen-bond acceptors (Lipinski definition) is 5. The summed E-state index contributed by atoms with van der Waals surface area (Å²) in [6, 6.07) is 12.6. The molecule has 7 nitrogen and oxygen atoms in total. The van der Waals surface area contributed by atoms with Crippen molar-refractivity contribution >= 4 is 11.8 Å². The van der Waals surface area contributed by atoms with Crippen molar-refractivity contribution in [1.82, 2.24) is 10.6 Å². The van der Waals surface area contributed by atoms with E-state index in [1.165, 1.54) is 33.5 Å². The monoisotopic (exact) mass is 358 g/mol. The van der Waals surface area contributed by atoms with Crippen molar-refractivity contribution in [2.24, 2.45) is 0 Å².